The number of benzene rings is 2. The second kappa shape index (κ2) is 12.7. The normalized spacial score (nSPS) is 10.9. The zero-order valence-corrected chi connectivity index (χ0v) is 18.3. The number of rotatable bonds is 13. The van der Waals surface area contributed by atoms with Gasteiger partial charge < -0.3 is 14.8 Å². The molecule has 0 aliphatic heterocycles. The molecule has 28 heavy (non-hydrogen) atoms. The zero-order valence-electron chi connectivity index (χ0n) is 17.5. The van der Waals surface area contributed by atoms with Crippen LogP contribution in [0.1, 0.15) is 62.1 Å². The van der Waals surface area contributed by atoms with Gasteiger partial charge in [0.2, 0.25) is 0 Å². The Hall–Kier alpha value is -1.71. The van der Waals surface area contributed by atoms with E-state index in [-0.39, 0.29) is 0 Å². The molecule has 2 aromatic rings. The number of aryl methyl sites for hydroxylation is 1. The maximum absolute atomic E-state index is 6.49. The molecule has 0 saturated carbocycles. The van der Waals surface area contributed by atoms with Crippen molar-refractivity contribution in [2.45, 2.75) is 65.5 Å². The fourth-order valence-electron chi connectivity index (χ4n) is 3.20. The molecule has 0 bridgehead atoms. The van der Waals surface area contributed by atoms with Crippen LogP contribution in [0, 0.1) is 6.92 Å². The standard InChI is InChI=1S/C24H34ClNO2/c1-4-5-6-7-8-9-13-26-17-21-15-23(27-3)24(16-22(21)25)28-18-20-12-10-11-19(2)14-20/h10-12,14-16,26H,4-9,13,17-18H2,1-3H3. The Morgan fingerprint density at radius 1 is 0.964 bits per heavy atom. The summed E-state index contributed by atoms with van der Waals surface area (Å²) in [5, 5.41) is 4.19. The number of methoxy groups -OCH3 is 1. The Balaban J connectivity index is 1.84. The Morgan fingerprint density at radius 3 is 2.50 bits per heavy atom. The molecular formula is C24H34ClNO2. The highest BCUT2D eigenvalue weighted by molar-refractivity contribution is 6.31. The van der Waals surface area contributed by atoms with E-state index in [4.69, 9.17) is 21.1 Å². The third-order valence-corrected chi connectivity index (χ3v) is 5.18. The van der Waals surface area contributed by atoms with Crippen molar-refractivity contribution in [2.75, 3.05) is 13.7 Å². The topological polar surface area (TPSA) is 30.5 Å². The molecular weight excluding hydrogens is 370 g/mol. The van der Waals surface area contributed by atoms with Crippen molar-refractivity contribution in [3.8, 4) is 11.5 Å². The average Bonchev–Trinajstić information content (AvgIpc) is 2.69. The van der Waals surface area contributed by atoms with Crippen molar-refractivity contribution in [3.05, 3.63) is 58.1 Å². The van der Waals surface area contributed by atoms with E-state index >= 15 is 0 Å². The summed E-state index contributed by atoms with van der Waals surface area (Å²) >= 11 is 6.49. The molecule has 3 nitrogen and oxygen atoms in total. The Kier molecular flexibility index (Phi) is 10.2. The number of hydrogen-bond acceptors (Lipinski definition) is 3. The minimum absolute atomic E-state index is 0.490. The van der Waals surface area contributed by atoms with Crippen LogP contribution >= 0.6 is 11.6 Å². The number of nitrogens with one attached hydrogen (secondary N) is 1. The lowest BCUT2D eigenvalue weighted by atomic mass is 10.1. The minimum Gasteiger partial charge on any atom is -0.493 e. The van der Waals surface area contributed by atoms with Gasteiger partial charge in [-0.25, -0.2) is 0 Å². The first-order valence-corrected chi connectivity index (χ1v) is 10.8. The first-order chi connectivity index (χ1) is 13.6. The molecule has 0 aliphatic carbocycles. The molecule has 0 aliphatic rings. The van der Waals surface area contributed by atoms with Crippen LogP contribution in [0.5, 0.6) is 11.5 Å². The second-order valence-corrected chi connectivity index (χ2v) is 7.72. The van der Waals surface area contributed by atoms with E-state index < -0.39 is 0 Å². The van der Waals surface area contributed by atoms with Gasteiger partial charge in [-0.2, -0.15) is 0 Å². The third kappa shape index (κ3) is 7.73. The monoisotopic (exact) mass is 403 g/mol. The third-order valence-electron chi connectivity index (χ3n) is 4.83. The Labute approximate surface area is 175 Å². The van der Waals surface area contributed by atoms with Gasteiger partial charge in [-0.1, -0.05) is 80.5 Å². The van der Waals surface area contributed by atoms with Crippen molar-refractivity contribution in [1.82, 2.24) is 5.32 Å². The van der Waals surface area contributed by atoms with Crippen molar-refractivity contribution < 1.29 is 9.47 Å². The minimum atomic E-state index is 0.490. The molecule has 2 aromatic carbocycles. The van der Waals surface area contributed by atoms with Gasteiger partial charge in [-0.05, 0) is 37.1 Å². The van der Waals surface area contributed by atoms with Crippen LogP contribution in [0.2, 0.25) is 5.02 Å². The van der Waals surface area contributed by atoms with Gasteiger partial charge in [0.15, 0.2) is 11.5 Å². The Bertz CT molecular complexity index is 718. The van der Waals surface area contributed by atoms with E-state index in [9.17, 15) is 0 Å². The molecule has 0 fully saturated rings. The lowest BCUT2D eigenvalue weighted by Gasteiger charge is -2.14. The highest BCUT2D eigenvalue weighted by Gasteiger charge is 2.11. The molecule has 0 saturated heterocycles. The average molecular weight is 404 g/mol. The predicted octanol–water partition coefficient (Wildman–Crippen LogP) is 6.69. The summed E-state index contributed by atoms with van der Waals surface area (Å²) in [6, 6.07) is 12.1. The van der Waals surface area contributed by atoms with E-state index in [1.54, 1.807) is 7.11 Å². The largest absolute Gasteiger partial charge is 0.493 e. The summed E-state index contributed by atoms with van der Waals surface area (Å²) in [5.74, 6) is 1.39. The lowest BCUT2D eigenvalue weighted by Crippen LogP contribution is -2.15. The molecule has 0 heterocycles. The summed E-state index contributed by atoms with van der Waals surface area (Å²) in [7, 11) is 1.66. The molecule has 0 radical (unpaired) electrons. The first-order valence-electron chi connectivity index (χ1n) is 10.4. The van der Waals surface area contributed by atoms with Gasteiger partial charge in [-0.15, -0.1) is 0 Å². The van der Waals surface area contributed by atoms with Crippen LogP contribution in [0.4, 0.5) is 0 Å². The summed E-state index contributed by atoms with van der Waals surface area (Å²) < 4.78 is 11.5. The molecule has 2 rings (SSSR count). The first kappa shape index (κ1) is 22.6. The summed E-state index contributed by atoms with van der Waals surface area (Å²) in [6.07, 6.45) is 7.82. The number of halogens is 1. The van der Waals surface area contributed by atoms with Gasteiger partial charge in [0.1, 0.15) is 6.61 Å². The SMILES string of the molecule is CCCCCCCCNCc1cc(OC)c(OCc2cccc(C)c2)cc1Cl. The van der Waals surface area contributed by atoms with Crippen LogP contribution in [0.25, 0.3) is 0 Å². The van der Waals surface area contributed by atoms with Crippen LogP contribution in [-0.4, -0.2) is 13.7 Å². The summed E-state index contributed by atoms with van der Waals surface area (Å²) in [6.45, 7) is 6.56. The predicted molar refractivity (Wildman–Crippen MR) is 119 cm³/mol. The van der Waals surface area contributed by atoms with Gasteiger partial charge in [0.25, 0.3) is 0 Å². The van der Waals surface area contributed by atoms with Gasteiger partial charge in [-0.3, -0.25) is 0 Å². The molecule has 4 heteroatoms. The quantitative estimate of drug-likeness (QED) is 0.378. The second-order valence-electron chi connectivity index (χ2n) is 7.32. The molecule has 0 spiro atoms. The van der Waals surface area contributed by atoms with Crippen LogP contribution < -0.4 is 14.8 Å². The fourth-order valence-corrected chi connectivity index (χ4v) is 3.42. The van der Waals surface area contributed by atoms with Crippen molar-refractivity contribution >= 4 is 11.6 Å². The molecule has 0 aromatic heterocycles. The number of ether oxygens (including phenoxy) is 2. The van der Waals surface area contributed by atoms with E-state index in [0.29, 0.717) is 23.1 Å². The zero-order chi connectivity index (χ0) is 20.2. The van der Waals surface area contributed by atoms with E-state index in [1.807, 2.05) is 18.2 Å². The summed E-state index contributed by atoms with van der Waals surface area (Å²) in [5.41, 5.74) is 3.38. The van der Waals surface area contributed by atoms with Gasteiger partial charge in [0, 0.05) is 17.6 Å². The van der Waals surface area contributed by atoms with Crippen LogP contribution in [-0.2, 0) is 13.2 Å². The van der Waals surface area contributed by atoms with Crippen molar-refractivity contribution in [3.63, 3.8) is 0 Å². The number of unbranched alkanes of at least 4 members (excludes halogenated alkanes) is 5. The Morgan fingerprint density at radius 2 is 1.75 bits per heavy atom. The molecule has 1 N–H and O–H groups in total. The lowest BCUT2D eigenvalue weighted by molar-refractivity contribution is 0.284. The fraction of sp³-hybridized carbons (Fsp3) is 0.500. The number of hydrogen-bond donors (Lipinski definition) is 1. The van der Waals surface area contributed by atoms with Crippen molar-refractivity contribution in [1.29, 1.82) is 0 Å². The molecule has 154 valence electrons. The van der Waals surface area contributed by atoms with Crippen LogP contribution in [0.3, 0.4) is 0 Å². The highest BCUT2D eigenvalue weighted by atomic mass is 35.5. The van der Waals surface area contributed by atoms with E-state index in [1.165, 1.54) is 44.1 Å². The summed E-state index contributed by atoms with van der Waals surface area (Å²) in [4.78, 5) is 0. The molecule has 0 amide bonds. The van der Waals surface area contributed by atoms with Crippen molar-refractivity contribution in [2.24, 2.45) is 0 Å². The maximum Gasteiger partial charge on any atom is 0.163 e. The van der Waals surface area contributed by atoms with Gasteiger partial charge >= 0.3 is 0 Å². The molecule has 0 atom stereocenters. The molecule has 0 unspecified atom stereocenters. The van der Waals surface area contributed by atoms with Gasteiger partial charge in [0.05, 0.1) is 7.11 Å². The maximum atomic E-state index is 6.49. The highest BCUT2D eigenvalue weighted by Crippen LogP contribution is 2.34. The van der Waals surface area contributed by atoms with E-state index in [0.717, 1.165) is 24.2 Å². The smallest absolute Gasteiger partial charge is 0.163 e. The van der Waals surface area contributed by atoms with Crippen LogP contribution in [0.15, 0.2) is 36.4 Å². The van der Waals surface area contributed by atoms with E-state index in [2.05, 4.69) is 37.4 Å².